The lowest BCUT2D eigenvalue weighted by Gasteiger charge is -2.33. The number of rotatable bonds is 2. The van der Waals surface area contributed by atoms with E-state index in [1.54, 1.807) is 29.4 Å². The van der Waals surface area contributed by atoms with Crippen LogP contribution in [0.4, 0.5) is 4.39 Å². The molecular weight excluding hydrogens is 403 g/mol. The van der Waals surface area contributed by atoms with Gasteiger partial charge in [0.05, 0.1) is 27.6 Å². The molecule has 0 spiro atoms. The van der Waals surface area contributed by atoms with Gasteiger partial charge in [0, 0.05) is 18.7 Å². The maximum absolute atomic E-state index is 14.3. The van der Waals surface area contributed by atoms with Gasteiger partial charge in [0.1, 0.15) is 23.2 Å². The zero-order valence-corrected chi connectivity index (χ0v) is 16.4. The Morgan fingerprint density at radius 2 is 2.13 bits per heavy atom. The van der Waals surface area contributed by atoms with Gasteiger partial charge < -0.3 is 14.3 Å². The van der Waals surface area contributed by atoms with Gasteiger partial charge in [-0.25, -0.2) is 14.4 Å². The second-order valence-electron chi connectivity index (χ2n) is 7.20. The van der Waals surface area contributed by atoms with E-state index in [-0.39, 0.29) is 11.7 Å². The molecule has 1 aliphatic rings. The van der Waals surface area contributed by atoms with E-state index < -0.39 is 6.04 Å². The monoisotopic (exact) mass is 418 g/mol. The molecule has 1 N–H and O–H groups in total. The van der Waals surface area contributed by atoms with Gasteiger partial charge in [0.2, 0.25) is 0 Å². The van der Waals surface area contributed by atoms with Crippen molar-refractivity contribution in [1.29, 1.82) is 0 Å². The Kier molecular flexibility index (Phi) is 3.76. The number of halogens is 1. The summed E-state index contributed by atoms with van der Waals surface area (Å²) in [6, 6.07) is 13.5. The number of aromatic nitrogens is 3. The Morgan fingerprint density at radius 1 is 1.23 bits per heavy atom. The molecule has 0 unspecified atom stereocenters. The molecule has 4 heterocycles. The molecule has 1 aliphatic heterocycles. The van der Waals surface area contributed by atoms with Crippen molar-refractivity contribution in [3.63, 3.8) is 0 Å². The molecule has 0 bridgehead atoms. The van der Waals surface area contributed by atoms with E-state index >= 15 is 0 Å². The molecule has 0 saturated carbocycles. The third-order valence-corrected chi connectivity index (χ3v) is 6.48. The van der Waals surface area contributed by atoms with Crippen molar-refractivity contribution >= 4 is 38.4 Å². The number of benzene rings is 2. The second kappa shape index (κ2) is 6.50. The fourth-order valence-electron chi connectivity index (χ4n) is 4.05. The van der Waals surface area contributed by atoms with Crippen LogP contribution in [-0.4, -0.2) is 32.3 Å². The first-order chi connectivity index (χ1) is 14.7. The summed E-state index contributed by atoms with van der Waals surface area (Å²) in [6.07, 6.45) is 2.27. The molecule has 0 fully saturated rings. The highest BCUT2D eigenvalue weighted by molar-refractivity contribution is 7.20. The zero-order chi connectivity index (χ0) is 20.2. The molecule has 3 aromatic heterocycles. The highest BCUT2D eigenvalue weighted by atomic mass is 32.1. The van der Waals surface area contributed by atoms with Crippen LogP contribution < -0.4 is 0 Å². The van der Waals surface area contributed by atoms with Crippen molar-refractivity contribution in [2.24, 2.45) is 0 Å². The van der Waals surface area contributed by atoms with Crippen molar-refractivity contribution in [3.05, 3.63) is 82.8 Å². The number of aromatic amines is 1. The first-order valence-corrected chi connectivity index (χ1v) is 10.4. The predicted molar refractivity (Wildman–Crippen MR) is 111 cm³/mol. The zero-order valence-electron chi connectivity index (χ0n) is 15.6. The fraction of sp³-hybridized carbons (Fsp3) is 0.136. The summed E-state index contributed by atoms with van der Waals surface area (Å²) in [5.74, 6) is -0.0574. The Hall–Kier alpha value is -3.52. The Labute approximate surface area is 174 Å². The van der Waals surface area contributed by atoms with Gasteiger partial charge in [-0.2, -0.15) is 0 Å². The molecule has 1 atom stereocenters. The summed E-state index contributed by atoms with van der Waals surface area (Å²) < 4.78 is 21.2. The number of carbonyl (C=O) groups excluding carboxylic acids is 1. The summed E-state index contributed by atoms with van der Waals surface area (Å²) in [6.45, 7) is 0.480. The predicted octanol–water partition coefficient (Wildman–Crippen LogP) is 4.69. The van der Waals surface area contributed by atoms with E-state index in [4.69, 9.17) is 4.42 Å². The molecule has 0 aliphatic carbocycles. The minimum Gasteiger partial charge on any atom is -0.458 e. The molecule has 1 amide bonds. The average molecular weight is 418 g/mol. The van der Waals surface area contributed by atoms with E-state index in [0.717, 1.165) is 21.6 Å². The van der Waals surface area contributed by atoms with Crippen LogP contribution in [0.2, 0.25) is 0 Å². The lowest BCUT2D eigenvalue weighted by atomic mass is 10.00. The fourth-order valence-corrected chi connectivity index (χ4v) is 4.97. The first kappa shape index (κ1) is 17.3. The molecule has 0 radical (unpaired) electrons. The normalized spacial score (nSPS) is 16.3. The average Bonchev–Trinajstić information content (AvgIpc) is 3.49. The van der Waals surface area contributed by atoms with Crippen LogP contribution in [0.1, 0.15) is 33.0 Å². The molecule has 5 aromatic rings. The van der Waals surface area contributed by atoms with Gasteiger partial charge in [-0.15, -0.1) is 11.3 Å². The van der Waals surface area contributed by atoms with E-state index in [1.165, 1.54) is 17.4 Å². The van der Waals surface area contributed by atoms with Gasteiger partial charge in [-0.05, 0) is 30.3 Å². The number of thiazole rings is 1. The van der Waals surface area contributed by atoms with E-state index in [2.05, 4.69) is 15.0 Å². The van der Waals surface area contributed by atoms with Gasteiger partial charge >= 0.3 is 0 Å². The SMILES string of the molecule is O=C(c1nc2ccccc2s1)N1CCc2[nH]cnc2[C@H]1c1cc2c(F)cccc2o1. The third kappa shape index (κ3) is 2.57. The van der Waals surface area contributed by atoms with Gasteiger partial charge in [-0.3, -0.25) is 4.79 Å². The van der Waals surface area contributed by atoms with E-state index in [9.17, 15) is 9.18 Å². The lowest BCUT2D eigenvalue weighted by Crippen LogP contribution is -2.40. The smallest absolute Gasteiger partial charge is 0.283 e. The van der Waals surface area contributed by atoms with Crippen LogP contribution in [0, 0.1) is 5.82 Å². The minimum atomic E-state index is -0.550. The number of carbonyl (C=O) groups is 1. The standard InChI is InChI=1S/C22H15FN4O2S/c23-13-4-3-6-16-12(13)10-17(29-16)20-19-15(24-11-25-19)8-9-27(20)22(28)21-26-14-5-1-2-7-18(14)30-21/h1-7,10-11,20H,8-9H2,(H,24,25)/t20-/m1/s1. The van der Waals surface area contributed by atoms with Crippen LogP contribution in [0.25, 0.3) is 21.2 Å². The summed E-state index contributed by atoms with van der Waals surface area (Å²) in [5.41, 5.74) is 2.91. The van der Waals surface area contributed by atoms with Crippen LogP contribution in [0.3, 0.4) is 0 Å². The van der Waals surface area contributed by atoms with Crippen molar-refractivity contribution in [1.82, 2.24) is 19.9 Å². The lowest BCUT2D eigenvalue weighted by molar-refractivity contribution is 0.0672. The van der Waals surface area contributed by atoms with Crippen LogP contribution in [-0.2, 0) is 6.42 Å². The van der Waals surface area contributed by atoms with Gasteiger partial charge in [0.15, 0.2) is 5.01 Å². The summed E-state index contributed by atoms with van der Waals surface area (Å²) in [4.78, 5) is 27.3. The van der Waals surface area contributed by atoms with Crippen LogP contribution in [0.15, 0.2) is 59.3 Å². The third-order valence-electron chi connectivity index (χ3n) is 5.46. The Balaban J connectivity index is 1.48. The number of furan rings is 1. The number of hydrogen-bond donors (Lipinski definition) is 1. The number of hydrogen-bond acceptors (Lipinski definition) is 5. The van der Waals surface area contributed by atoms with E-state index in [0.29, 0.717) is 34.7 Å². The maximum atomic E-state index is 14.3. The highest BCUT2D eigenvalue weighted by Gasteiger charge is 2.37. The molecule has 148 valence electrons. The minimum absolute atomic E-state index is 0.184. The number of H-pyrrole nitrogens is 1. The quantitative estimate of drug-likeness (QED) is 0.451. The summed E-state index contributed by atoms with van der Waals surface area (Å²) >= 11 is 1.37. The largest absolute Gasteiger partial charge is 0.458 e. The summed E-state index contributed by atoms with van der Waals surface area (Å²) in [7, 11) is 0. The number of para-hydroxylation sites is 1. The van der Waals surface area contributed by atoms with Crippen LogP contribution >= 0.6 is 11.3 Å². The molecular formula is C22H15FN4O2S. The van der Waals surface area contributed by atoms with E-state index in [1.807, 2.05) is 24.3 Å². The number of amides is 1. The Morgan fingerprint density at radius 3 is 3.00 bits per heavy atom. The number of fused-ring (bicyclic) bond motifs is 3. The van der Waals surface area contributed by atoms with Gasteiger partial charge in [-0.1, -0.05) is 18.2 Å². The van der Waals surface area contributed by atoms with Crippen molar-refractivity contribution in [2.75, 3.05) is 6.54 Å². The summed E-state index contributed by atoms with van der Waals surface area (Å²) in [5, 5.41) is 0.810. The molecule has 8 heteroatoms. The van der Waals surface area contributed by atoms with Crippen molar-refractivity contribution in [2.45, 2.75) is 12.5 Å². The second-order valence-corrected chi connectivity index (χ2v) is 8.24. The number of nitrogens with one attached hydrogen (secondary N) is 1. The molecule has 6 nitrogen and oxygen atoms in total. The van der Waals surface area contributed by atoms with Crippen molar-refractivity contribution < 1.29 is 13.6 Å². The Bertz CT molecular complexity index is 1390. The highest BCUT2D eigenvalue weighted by Crippen LogP contribution is 2.38. The van der Waals surface area contributed by atoms with Crippen LogP contribution in [0.5, 0.6) is 0 Å². The number of imidazole rings is 1. The molecule has 6 rings (SSSR count). The molecule has 2 aromatic carbocycles. The van der Waals surface area contributed by atoms with Crippen molar-refractivity contribution in [3.8, 4) is 0 Å². The first-order valence-electron chi connectivity index (χ1n) is 9.55. The van der Waals surface area contributed by atoms with Gasteiger partial charge in [0.25, 0.3) is 5.91 Å². The number of nitrogens with zero attached hydrogens (tertiary/aromatic N) is 3. The molecule has 0 saturated heterocycles. The maximum Gasteiger partial charge on any atom is 0.283 e. The topological polar surface area (TPSA) is 75.0 Å². The molecule has 30 heavy (non-hydrogen) atoms.